The van der Waals surface area contributed by atoms with Crippen molar-refractivity contribution in [3.8, 4) is 0 Å². The molecular formula is C14H30N2O. The van der Waals surface area contributed by atoms with E-state index in [2.05, 4.69) is 19.2 Å². The van der Waals surface area contributed by atoms with Gasteiger partial charge >= 0.3 is 0 Å². The quantitative estimate of drug-likeness (QED) is 0.597. The summed E-state index contributed by atoms with van der Waals surface area (Å²) < 4.78 is 0. The van der Waals surface area contributed by atoms with Gasteiger partial charge in [-0.25, -0.2) is 0 Å². The number of likely N-dealkylation sites (N-methyl/N-ethyl adjacent to an activating group) is 1. The first kappa shape index (κ1) is 16.4. The number of carbonyl (C=O) groups excluding carboxylic acids is 1. The molecule has 0 aliphatic rings. The molecule has 0 radical (unpaired) electrons. The molecule has 17 heavy (non-hydrogen) atoms. The SMILES string of the molecule is CCCCCCCCNC(=O)C(CC)N(C)C. The number of nitrogens with one attached hydrogen (secondary N) is 1. The van der Waals surface area contributed by atoms with Crippen molar-refractivity contribution in [2.75, 3.05) is 20.6 Å². The maximum atomic E-state index is 11.8. The number of hydrogen-bond donors (Lipinski definition) is 1. The molecule has 1 N–H and O–H groups in total. The minimum absolute atomic E-state index is 0.0232. The largest absolute Gasteiger partial charge is 0.355 e. The van der Waals surface area contributed by atoms with E-state index in [9.17, 15) is 4.79 Å². The van der Waals surface area contributed by atoms with Crippen molar-refractivity contribution in [3.05, 3.63) is 0 Å². The van der Waals surface area contributed by atoms with Crippen LogP contribution in [0.15, 0.2) is 0 Å². The molecule has 1 amide bonds. The highest BCUT2D eigenvalue weighted by Gasteiger charge is 2.17. The lowest BCUT2D eigenvalue weighted by Crippen LogP contribution is -2.43. The summed E-state index contributed by atoms with van der Waals surface area (Å²) in [6.45, 7) is 5.11. The average Bonchev–Trinajstić information content (AvgIpc) is 2.28. The van der Waals surface area contributed by atoms with Crippen LogP contribution in [0.2, 0.25) is 0 Å². The van der Waals surface area contributed by atoms with Crippen LogP contribution in [0.4, 0.5) is 0 Å². The lowest BCUT2D eigenvalue weighted by molar-refractivity contribution is -0.125. The van der Waals surface area contributed by atoms with Gasteiger partial charge in [0.1, 0.15) is 0 Å². The summed E-state index contributed by atoms with van der Waals surface area (Å²) in [7, 11) is 3.91. The Morgan fingerprint density at radius 3 is 2.18 bits per heavy atom. The number of rotatable bonds is 10. The zero-order valence-electron chi connectivity index (χ0n) is 12.1. The number of hydrogen-bond acceptors (Lipinski definition) is 2. The fourth-order valence-electron chi connectivity index (χ4n) is 2.02. The predicted octanol–water partition coefficient (Wildman–Crippen LogP) is 2.80. The van der Waals surface area contributed by atoms with E-state index in [1.807, 2.05) is 19.0 Å². The molecule has 0 spiro atoms. The fraction of sp³-hybridized carbons (Fsp3) is 0.929. The van der Waals surface area contributed by atoms with Crippen LogP contribution in [0, 0.1) is 0 Å². The van der Waals surface area contributed by atoms with Crippen LogP contribution < -0.4 is 5.32 Å². The van der Waals surface area contributed by atoms with Gasteiger partial charge in [-0.3, -0.25) is 9.69 Å². The molecule has 0 bridgehead atoms. The first-order valence-corrected chi connectivity index (χ1v) is 7.07. The first-order valence-electron chi connectivity index (χ1n) is 7.07. The normalized spacial score (nSPS) is 12.8. The maximum Gasteiger partial charge on any atom is 0.237 e. The lowest BCUT2D eigenvalue weighted by Gasteiger charge is -2.21. The van der Waals surface area contributed by atoms with Crippen LogP contribution in [0.1, 0.15) is 58.8 Å². The number of unbranched alkanes of at least 4 members (excludes halogenated alkanes) is 5. The molecule has 0 fully saturated rings. The molecule has 0 saturated carbocycles. The lowest BCUT2D eigenvalue weighted by atomic mass is 10.1. The van der Waals surface area contributed by atoms with E-state index in [0.29, 0.717) is 0 Å². The Hall–Kier alpha value is -0.570. The standard InChI is InChI=1S/C14H30N2O/c1-5-7-8-9-10-11-12-15-14(17)13(6-2)16(3)4/h13H,5-12H2,1-4H3,(H,15,17). The van der Waals surface area contributed by atoms with Crippen LogP contribution in [-0.2, 0) is 4.79 Å². The van der Waals surface area contributed by atoms with Crippen molar-refractivity contribution < 1.29 is 4.79 Å². The van der Waals surface area contributed by atoms with Crippen molar-refractivity contribution in [2.24, 2.45) is 0 Å². The Morgan fingerprint density at radius 1 is 1.06 bits per heavy atom. The topological polar surface area (TPSA) is 32.3 Å². The van der Waals surface area contributed by atoms with E-state index in [1.54, 1.807) is 0 Å². The van der Waals surface area contributed by atoms with Gasteiger partial charge in [0.25, 0.3) is 0 Å². The van der Waals surface area contributed by atoms with Gasteiger partial charge in [0.15, 0.2) is 0 Å². The van der Waals surface area contributed by atoms with Crippen molar-refractivity contribution in [2.45, 2.75) is 64.8 Å². The minimum Gasteiger partial charge on any atom is -0.355 e. The summed E-state index contributed by atoms with van der Waals surface area (Å²) in [5.41, 5.74) is 0. The summed E-state index contributed by atoms with van der Waals surface area (Å²) in [6, 6.07) is 0.0232. The average molecular weight is 242 g/mol. The van der Waals surface area contributed by atoms with Gasteiger partial charge in [-0.1, -0.05) is 46.0 Å². The second-order valence-electron chi connectivity index (χ2n) is 4.95. The van der Waals surface area contributed by atoms with Crippen LogP contribution >= 0.6 is 0 Å². The molecule has 0 saturated heterocycles. The van der Waals surface area contributed by atoms with E-state index in [0.717, 1.165) is 19.4 Å². The molecular weight excluding hydrogens is 212 g/mol. The third-order valence-electron chi connectivity index (χ3n) is 3.14. The van der Waals surface area contributed by atoms with E-state index in [4.69, 9.17) is 0 Å². The second kappa shape index (κ2) is 10.6. The van der Waals surface area contributed by atoms with Crippen molar-refractivity contribution >= 4 is 5.91 Å². The Bertz CT molecular complexity index is 193. The fourth-order valence-corrected chi connectivity index (χ4v) is 2.02. The summed E-state index contributed by atoms with van der Waals surface area (Å²) in [6.07, 6.45) is 8.48. The molecule has 0 rings (SSSR count). The third kappa shape index (κ3) is 8.19. The van der Waals surface area contributed by atoms with Crippen LogP contribution in [0.5, 0.6) is 0 Å². The Kier molecular flexibility index (Phi) is 10.2. The molecule has 0 aliphatic heterocycles. The van der Waals surface area contributed by atoms with Gasteiger partial charge in [0, 0.05) is 6.54 Å². The van der Waals surface area contributed by atoms with Gasteiger partial charge in [-0.05, 0) is 26.9 Å². The number of amides is 1. The molecule has 0 aromatic carbocycles. The van der Waals surface area contributed by atoms with Crippen molar-refractivity contribution in [1.82, 2.24) is 10.2 Å². The summed E-state index contributed by atoms with van der Waals surface area (Å²) in [5.74, 6) is 0.172. The van der Waals surface area contributed by atoms with E-state index >= 15 is 0 Å². The first-order chi connectivity index (χ1) is 8.13. The Labute approximate surface area is 107 Å². The molecule has 1 unspecified atom stereocenters. The van der Waals surface area contributed by atoms with Gasteiger partial charge < -0.3 is 5.32 Å². The van der Waals surface area contributed by atoms with Gasteiger partial charge in [-0.2, -0.15) is 0 Å². The summed E-state index contributed by atoms with van der Waals surface area (Å²) in [5, 5.41) is 3.03. The van der Waals surface area contributed by atoms with Crippen molar-refractivity contribution in [1.29, 1.82) is 0 Å². The zero-order chi connectivity index (χ0) is 13.1. The molecule has 1 atom stereocenters. The summed E-state index contributed by atoms with van der Waals surface area (Å²) >= 11 is 0. The molecule has 3 nitrogen and oxygen atoms in total. The van der Waals surface area contributed by atoms with Crippen LogP contribution in [-0.4, -0.2) is 37.5 Å². The molecule has 0 aliphatic carbocycles. The van der Waals surface area contributed by atoms with E-state index < -0.39 is 0 Å². The zero-order valence-corrected chi connectivity index (χ0v) is 12.1. The second-order valence-corrected chi connectivity index (χ2v) is 4.95. The minimum atomic E-state index is 0.0232. The third-order valence-corrected chi connectivity index (χ3v) is 3.14. The highest BCUT2D eigenvalue weighted by molar-refractivity contribution is 5.81. The Balaban J connectivity index is 3.50. The Morgan fingerprint density at radius 2 is 1.65 bits per heavy atom. The number of carbonyl (C=O) groups is 1. The summed E-state index contributed by atoms with van der Waals surface area (Å²) in [4.78, 5) is 13.8. The molecule has 3 heteroatoms. The highest BCUT2D eigenvalue weighted by atomic mass is 16.2. The maximum absolute atomic E-state index is 11.8. The molecule has 0 heterocycles. The smallest absolute Gasteiger partial charge is 0.237 e. The van der Waals surface area contributed by atoms with Gasteiger partial charge in [0.2, 0.25) is 5.91 Å². The van der Waals surface area contributed by atoms with Gasteiger partial charge in [-0.15, -0.1) is 0 Å². The van der Waals surface area contributed by atoms with E-state index in [-0.39, 0.29) is 11.9 Å². The molecule has 0 aromatic rings. The van der Waals surface area contributed by atoms with Crippen molar-refractivity contribution in [3.63, 3.8) is 0 Å². The molecule has 0 aromatic heterocycles. The predicted molar refractivity (Wildman–Crippen MR) is 74.2 cm³/mol. The van der Waals surface area contributed by atoms with Crippen LogP contribution in [0.3, 0.4) is 0 Å². The van der Waals surface area contributed by atoms with Gasteiger partial charge in [0.05, 0.1) is 6.04 Å². The number of nitrogens with zero attached hydrogens (tertiary/aromatic N) is 1. The molecule has 102 valence electrons. The highest BCUT2D eigenvalue weighted by Crippen LogP contribution is 2.04. The monoisotopic (exact) mass is 242 g/mol. The van der Waals surface area contributed by atoms with E-state index in [1.165, 1.54) is 32.1 Å². The van der Waals surface area contributed by atoms with Crippen LogP contribution in [0.25, 0.3) is 0 Å².